The van der Waals surface area contributed by atoms with E-state index in [1.165, 1.54) is 44.1 Å². The second-order valence-electron chi connectivity index (χ2n) is 4.94. The second-order valence-corrected chi connectivity index (χ2v) is 4.94. The summed E-state index contributed by atoms with van der Waals surface area (Å²) >= 11 is 0. The molecule has 1 aromatic carbocycles. The van der Waals surface area contributed by atoms with Gasteiger partial charge in [-0.05, 0) is 37.5 Å². The van der Waals surface area contributed by atoms with Crippen LogP contribution in [0.5, 0.6) is 0 Å². The van der Waals surface area contributed by atoms with E-state index in [9.17, 15) is 4.79 Å². The minimum absolute atomic E-state index is 0.215. The fourth-order valence-corrected chi connectivity index (χ4v) is 2.18. The monoisotopic (exact) mass is 262 g/mol. The quantitative estimate of drug-likeness (QED) is 0.473. The number of benzene rings is 1. The Hall–Kier alpha value is -1.31. The fourth-order valence-electron chi connectivity index (χ4n) is 2.18. The van der Waals surface area contributed by atoms with Crippen LogP contribution in [0.2, 0.25) is 0 Å². The Morgan fingerprint density at radius 1 is 1.05 bits per heavy atom. The maximum Gasteiger partial charge on any atom is 0.338 e. The Balaban J connectivity index is 2.34. The van der Waals surface area contributed by atoms with Crippen molar-refractivity contribution in [2.75, 3.05) is 6.61 Å². The van der Waals surface area contributed by atoms with Crippen molar-refractivity contribution in [3.05, 3.63) is 35.4 Å². The fraction of sp³-hybridized carbons (Fsp3) is 0.588. The molecule has 0 heterocycles. The van der Waals surface area contributed by atoms with E-state index in [0.717, 1.165) is 6.42 Å². The van der Waals surface area contributed by atoms with Gasteiger partial charge in [-0.25, -0.2) is 4.79 Å². The highest BCUT2D eigenvalue weighted by atomic mass is 16.5. The van der Waals surface area contributed by atoms with Crippen LogP contribution in [-0.4, -0.2) is 12.6 Å². The molecule has 0 saturated carbocycles. The van der Waals surface area contributed by atoms with Gasteiger partial charge in [0.1, 0.15) is 0 Å². The highest BCUT2D eigenvalue weighted by Gasteiger charge is 2.06. The van der Waals surface area contributed by atoms with Crippen molar-refractivity contribution in [1.29, 1.82) is 0 Å². The Labute approximate surface area is 117 Å². The summed E-state index contributed by atoms with van der Waals surface area (Å²) in [7, 11) is 0. The van der Waals surface area contributed by atoms with Gasteiger partial charge in [0, 0.05) is 0 Å². The molecule has 0 N–H and O–H groups in total. The Kier molecular flexibility index (Phi) is 7.95. The summed E-state index contributed by atoms with van der Waals surface area (Å²) in [6.07, 6.45) is 8.85. The van der Waals surface area contributed by atoms with Crippen LogP contribution in [-0.2, 0) is 11.2 Å². The topological polar surface area (TPSA) is 26.3 Å². The Morgan fingerprint density at radius 2 is 1.79 bits per heavy atom. The first kappa shape index (κ1) is 15.7. The van der Waals surface area contributed by atoms with Crippen molar-refractivity contribution in [2.45, 2.75) is 58.8 Å². The number of aryl methyl sites for hydroxylation is 1. The molecule has 19 heavy (non-hydrogen) atoms. The van der Waals surface area contributed by atoms with Gasteiger partial charge >= 0.3 is 5.97 Å². The summed E-state index contributed by atoms with van der Waals surface area (Å²) < 4.78 is 5.01. The van der Waals surface area contributed by atoms with Crippen LogP contribution < -0.4 is 0 Å². The smallest absolute Gasteiger partial charge is 0.338 e. The lowest BCUT2D eigenvalue weighted by atomic mass is 10.0. The first-order valence-corrected chi connectivity index (χ1v) is 7.54. The van der Waals surface area contributed by atoms with E-state index in [1.807, 2.05) is 25.1 Å². The molecule has 1 aromatic rings. The van der Waals surface area contributed by atoms with Gasteiger partial charge < -0.3 is 4.74 Å². The molecule has 0 saturated heterocycles. The van der Waals surface area contributed by atoms with E-state index < -0.39 is 0 Å². The number of hydrogen-bond acceptors (Lipinski definition) is 2. The zero-order valence-electron chi connectivity index (χ0n) is 12.3. The normalized spacial score (nSPS) is 10.4. The van der Waals surface area contributed by atoms with Crippen molar-refractivity contribution in [2.24, 2.45) is 0 Å². The van der Waals surface area contributed by atoms with Gasteiger partial charge in [0.2, 0.25) is 0 Å². The molecule has 0 atom stereocenters. The highest BCUT2D eigenvalue weighted by Crippen LogP contribution is 2.12. The largest absolute Gasteiger partial charge is 0.462 e. The molecule has 0 aromatic heterocycles. The number of unbranched alkanes of at least 4 members (excludes halogenated alkanes) is 5. The molecular weight excluding hydrogens is 236 g/mol. The van der Waals surface area contributed by atoms with Crippen molar-refractivity contribution in [1.82, 2.24) is 0 Å². The summed E-state index contributed by atoms with van der Waals surface area (Å²) in [5.41, 5.74) is 1.91. The van der Waals surface area contributed by atoms with Crippen molar-refractivity contribution in [3.63, 3.8) is 0 Å². The molecule has 0 aliphatic heterocycles. The maximum absolute atomic E-state index is 11.6. The summed E-state index contributed by atoms with van der Waals surface area (Å²) in [5, 5.41) is 0. The van der Waals surface area contributed by atoms with E-state index >= 15 is 0 Å². The van der Waals surface area contributed by atoms with Crippen LogP contribution in [0, 0.1) is 0 Å². The third-order valence-corrected chi connectivity index (χ3v) is 3.26. The van der Waals surface area contributed by atoms with Gasteiger partial charge in [0.25, 0.3) is 0 Å². The van der Waals surface area contributed by atoms with Gasteiger partial charge in [-0.1, -0.05) is 51.2 Å². The number of esters is 1. The van der Waals surface area contributed by atoms with E-state index in [4.69, 9.17) is 4.74 Å². The molecule has 0 spiro atoms. The van der Waals surface area contributed by atoms with Crippen molar-refractivity contribution in [3.8, 4) is 0 Å². The molecular formula is C17H26O2. The standard InChI is InChI=1S/C17H26O2/c1-3-5-6-7-8-9-11-15-12-10-13-16(14-15)17(18)19-4-2/h10,12-14H,3-9,11H2,1-2H3. The number of ether oxygens (including phenoxy) is 1. The Bertz CT molecular complexity index is 371. The molecule has 1 rings (SSSR count). The minimum atomic E-state index is -0.215. The van der Waals surface area contributed by atoms with Crippen LogP contribution in [0.25, 0.3) is 0 Å². The van der Waals surface area contributed by atoms with Crippen LogP contribution in [0.1, 0.15) is 68.3 Å². The van der Waals surface area contributed by atoms with Crippen LogP contribution in [0.3, 0.4) is 0 Å². The van der Waals surface area contributed by atoms with Gasteiger partial charge in [0.05, 0.1) is 12.2 Å². The minimum Gasteiger partial charge on any atom is -0.462 e. The van der Waals surface area contributed by atoms with E-state index in [0.29, 0.717) is 12.2 Å². The zero-order valence-corrected chi connectivity index (χ0v) is 12.3. The molecule has 0 bridgehead atoms. The molecule has 0 amide bonds. The molecule has 0 unspecified atom stereocenters. The van der Waals surface area contributed by atoms with E-state index in [2.05, 4.69) is 13.0 Å². The summed E-state index contributed by atoms with van der Waals surface area (Å²) in [6, 6.07) is 7.82. The average Bonchev–Trinajstić information content (AvgIpc) is 2.43. The lowest BCUT2D eigenvalue weighted by Crippen LogP contribution is -2.04. The third-order valence-electron chi connectivity index (χ3n) is 3.26. The lowest BCUT2D eigenvalue weighted by Gasteiger charge is -2.05. The molecule has 2 nitrogen and oxygen atoms in total. The summed E-state index contributed by atoms with van der Waals surface area (Å²) in [4.78, 5) is 11.6. The number of carbonyl (C=O) groups is 1. The van der Waals surface area contributed by atoms with E-state index in [1.54, 1.807) is 0 Å². The zero-order chi connectivity index (χ0) is 13.9. The number of hydrogen-bond donors (Lipinski definition) is 0. The highest BCUT2D eigenvalue weighted by molar-refractivity contribution is 5.89. The van der Waals surface area contributed by atoms with Crippen LogP contribution in [0.15, 0.2) is 24.3 Å². The molecule has 0 aliphatic carbocycles. The first-order valence-electron chi connectivity index (χ1n) is 7.54. The molecule has 0 fully saturated rings. The van der Waals surface area contributed by atoms with Crippen molar-refractivity contribution < 1.29 is 9.53 Å². The van der Waals surface area contributed by atoms with E-state index in [-0.39, 0.29) is 5.97 Å². The van der Waals surface area contributed by atoms with Crippen molar-refractivity contribution >= 4 is 5.97 Å². The number of carbonyl (C=O) groups excluding carboxylic acids is 1. The molecule has 0 aliphatic rings. The molecule has 2 heteroatoms. The first-order chi connectivity index (χ1) is 9.27. The average molecular weight is 262 g/mol. The maximum atomic E-state index is 11.6. The van der Waals surface area contributed by atoms with Gasteiger partial charge in [-0.3, -0.25) is 0 Å². The number of rotatable bonds is 9. The lowest BCUT2D eigenvalue weighted by molar-refractivity contribution is 0.0526. The Morgan fingerprint density at radius 3 is 2.53 bits per heavy atom. The van der Waals surface area contributed by atoms with Gasteiger partial charge in [0.15, 0.2) is 0 Å². The molecule has 0 radical (unpaired) electrons. The third kappa shape index (κ3) is 6.42. The predicted molar refractivity (Wildman–Crippen MR) is 79.5 cm³/mol. The van der Waals surface area contributed by atoms with Crippen LogP contribution in [0.4, 0.5) is 0 Å². The predicted octanol–water partition coefficient (Wildman–Crippen LogP) is 4.77. The summed E-state index contributed by atoms with van der Waals surface area (Å²) in [6.45, 7) is 4.50. The van der Waals surface area contributed by atoms with Crippen LogP contribution >= 0.6 is 0 Å². The summed E-state index contributed by atoms with van der Waals surface area (Å²) in [5.74, 6) is -0.215. The molecule has 106 valence electrons. The second kappa shape index (κ2) is 9.60. The van der Waals surface area contributed by atoms with Gasteiger partial charge in [-0.15, -0.1) is 0 Å². The SMILES string of the molecule is CCCCCCCCc1cccc(C(=O)OCC)c1. The van der Waals surface area contributed by atoms with Gasteiger partial charge in [-0.2, -0.15) is 0 Å².